The van der Waals surface area contributed by atoms with Crippen LogP contribution < -0.4 is 0 Å². The quantitative estimate of drug-likeness (QED) is 0.608. The predicted octanol–water partition coefficient (Wildman–Crippen LogP) is 1.59. The normalized spacial score (nSPS) is 28.3. The number of carboxylic acids is 1. The summed E-state index contributed by atoms with van der Waals surface area (Å²) in [6.45, 7) is 4.28. The molecule has 0 radical (unpaired) electrons. The molecule has 1 rings (SSSR count). The van der Waals surface area contributed by atoms with Crippen LogP contribution in [0, 0.1) is 0 Å². The van der Waals surface area contributed by atoms with Crippen LogP contribution in [0.25, 0.3) is 0 Å². The van der Waals surface area contributed by atoms with Gasteiger partial charge in [-0.1, -0.05) is 5.57 Å². The summed E-state index contributed by atoms with van der Waals surface area (Å²) in [4.78, 5) is 10.6. The molecule has 1 N–H and O–H groups in total. The fourth-order valence-corrected chi connectivity index (χ4v) is 1.38. The Bertz CT molecular complexity index is 218. The summed E-state index contributed by atoms with van der Waals surface area (Å²) in [6, 6.07) is 0. The average molecular weight is 170 g/mol. The summed E-state index contributed by atoms with van der Waals surface area (Å²) < 4.78 is 5.31. The highest BCUT2D eigenvalue weighted by Crippen LogP contribution is 2.22. The van der Waals surface area contributed by atoms with Crippen molar-refractivity contribution in [3.05, 3.63) is 11.1 Å². The van der Waals surface area contributed by atoms with Crippen LogP contribution in [0.3, 0.4) is 0 Å². The van der Waals surface area contributed by atoms with Gasteiger partial charge in [0.2, 0.25) is 0 Å². The van der Waals surface area contributed by atoms with E-state index in [4.69, 9.17) is 9.84 Å². The van der Waals surface area contributed by atoms with Crippen LogP contribution in [0.2, 0.25) is 0 Å². The lowest BCUT2D eigenvalue weighted by atomic mass is 9.98. The van der Waals surface area contributed by atoms with E-state index in [0.29, 0.717) is 12.2 Å². The van der Waals surface area contributed by atoms with Gasteiger partial charge in [-0.2, -0.15) is 0 Å². The van der Waals surface area contributed by atoms with Crippen LogP contribution in [-0.4, -0.2) is 23.8 Å². The molecular weight excluding hydrogens is 156 g/mol. The van der Waals surface area contributed by atoms with Gasteiger partial charge in [0.1, 0.15) is 0 Å². The van der Waals surface area contributed by atoms with E-state index in [1.54, 1.807) is 6.92 Å². The molecule has 12 heavy (non-hydrogen) atoms. The predicted molar refractivity (Wildman–Crippen MR) is 45.0 cm³/mol. The largest absolute Gasteiger partial charge is 0.478 e. The van der Waals surface area contributed by atoms with Crippen LogP contribution in [0.1, 0.15) is 26.7 Å². The lowest BCUT2D eigenvalue weighted by molar-refractivity contribution is -0.132. The van der Waals surface area contributed by atoms with Crippen LogP contribution >= 0.6 is 0 Å². The maximum absolute atomic E-state index is 10.6. The zero-order valence-electron chi connectivity index (χ0n) is 7.46. The van der Waals surface area contributed by atoms with E-state index in [0.717, 1.165) is 18.4 Å². The number of carboxylic acid groups (broad SMARTS) is 1. The van der Waals surface area contributed by atoms with Crippen molar-refractivity contribution in [2.24, 2.45) is 0 Å². The second kappa shape index (κ2) is 3.72. The van der Waals surface area contributed by atoms with Gasteiger partial charge in [0.15, 0.2) is 0 Å². The minimum Gasteiger partial charge on any atom is -0.478 e. The Labute approximate surface area is 72.0 Å². The smallest absolute Gasteiger partial charge is 0.331 e. The Morgan fingerprint density at radius 1 is 1.67 bits per heavy atom. The summed E-state index contributed by atoms with van der Waals surface area (Å²) in [7, 11) is 0. The van der Waals surface area contributed by atoms with Crippen molar-refractivity contribution < 1.29 is 14.6 Å². The molecule has 1 fully saturated rings. The average Bonchev–Trinajstić information content (AvgIpc) is 2.03. The maximum Gasteiger partial charge on any atom is 0.331 e. The van der Waals surface area contributed by atoms with E-state index >= 15 is 0 Å². The highest BCUT2D eigenvalue weighted by molar-refractivity contribution is 5.86. The van der Waals surface area contributed by atoms with Crippen LogP contribution in [0.15, 0.2) is 11.1 Å². The minimum absolute atomic E-state index is 0.169. The van der Waals surface area contributed by atoms with Crippen LogP contribution in [-0.2, 0) is 9.53 Å². The van der Waals surface area contributed by atoms with Crippen molar-refractivity contribution in [1.82, 2.24) is 0 Å². The van der Waals surface area contributed by atoms with Gasteiger partial charge in [0, 0.05) is 5.57 Å². The molecular formula is C9H14O3. The van der Waals surface area contributed by atoms with Crippen molar-refractivity contribution in [2.75, 3.05) is 6.61 Å². The van der Waals surface area contributed by atoms with Crippen LogP contribution in [0.4, 0.5) is 0 Å². The van der Waals surface area contributed by atoms with Gasteiger partial charge in [-0.05, 0) is 26.7 Å². The van der Waals surface area contributed by atoms with Crippen molar-refractivity contribution >= 4 is 5.97 Å². The van der Waals surface area contributed by atoms with Gasteiger partial charge in [-0.25, -0.2) is 4.79 Å². The molecule has 0 spiro atoms. The first-order valence-corrected chi connectivity index (χ1v) is 4.14. The van der Waals surface area contributed by atoms with Gasteiger partial charge in [0.05, 0.1) is 12.7 Å². The molecule has 1 heterocycles. The van der Waals surface area contributed by atoms with Crippen LogP contribution in [0.5, 0.6) is 0 Å². The molecule has 0 bridgehead atoms. The maximum atomic E-state index is 10.6. The van der Waals surface area contributed by atoms with Crippen molar-refractivity contribution in [2.45, 2.75) is 32.8 Å². The number of aliphatic carboxylic acids is 1. The number of rotatable bonds is 1. The molecule has 1 saturated heterocycles. The van der Waals surface area contributed by atoms with Crippen molar-refractivity contribution in [3.8, 4) is 0 Å². The Balaban J connectivity index is 2.72. The third kappa shape index (κ3) is 2.08. The second-order valence-corrected chi connectivity index (χ2v) is 3.17. The van der Waals surface area contributed by atoms with Gasteiger partial charge in [-0.3, -0.25) is 0 Å². The number of hydrogen-bond acceptors (Lipinski definition) is 2. The van der Waals surface area contributed by atoms with E-state index < -0.39 is 5.97 Å². The Morgan fingerprint density at radius 3 is 2.83 bits per heavy atom. The molecule has 3 heteroatoms. The van der Waals surface area contributed by atoms with Crippen molar-refractivity contribution in [3.63, 3.8) is 0 Å². The molecule has 0 aromatic heterocycles. The fraction of sp³-hybridized carbons (Fsp3) is 0.667. The Morgan fingerprint density at radius 2 is 2.33 bits per heavy atom. The van der Waals surface area contributed by atoms with E-state index in [1.807, 2.05) is 6.92 Å². The number of hydrogen-bond donors (Lipinski definition) is 1. The van der Waals surface area contributed by atoms with E-state index in [1.165, 1.54) is 0 Å². The van der Waals surface area contributed by atoms with Gasteiger partial charge < -0.3 is 9.84 Å². The minimum atomic E-state index is -0.806. The molecule has 1 unspecified atom stereocenters. The molecule has 68 valence electrons. The van der Waals surface area contributed by atoms with E-state index in [-0.39, 0.29) is 6.10 Å². The standard InChI is InChI=1S/C9H14O3/c1-6-5-8(3-4-12-6)7(2)9(10)11/h6H,3-5H2,1-2H3,(H,10,11)/b8-7+. The molecule has 0 aromatic carbocycles. The molecule has 0 amide bonds. The summed E-state index contributed by atoms with van der Waals surface area (Å²) in [5.41, 5.74) is 1.52. The first-order valence-electron chi connectivity index (χ1n) is 4.14. The summed E-state index contributed by atoms with van der Waals surface area (Å²) >= 11 is 0. The second-order valence-electron chi connectivity index (χ2n) is 3.17. The summed E-state index contributed by atoms with van der Waals surface area (Å²) in [6.07, 6.45) is 1.70. The molecule has 0 aromatic rings. The highest BCUT2D eigenvalue weighted by atomic mass is 16.5. The number of carbonyl (C=O) groups is 1. The topological polar surface area (TPSA) is 46.5 Å². The Kier molecular flexibility index (Phi) is 2.87. The molecule has 1 aliphatic rings. The molecule has 3 nitrogen and oxygen atoms in total. The zero-order valence-corrected chi connectivity index (χ0v) is 7.46. The Hall–Kier alpha value is -0.830. The van der Waals surface area contributed by atoms with Crippen molar-refractivity contribution in [1.29, 1.82) is 0 Å². The first kappa shape index (κ1) is 9.26. The van der Waals surface area contributed by atoms with E-state index in [9.17, 15) is 4.79 Å². The number of ether oxygens (including phenoxy) is 1. The first-order chi connectivity index (χ1) is 5.61. The molecule has 0 aliphatic carbocycles. The SMILES string of the molecule is C/C(C(=O)O)=C1/CCOC(C)C1. The lowest BCUT2D eigenvalue weighted by Crippen LogP contribution is -2.19. The summed E-state index contributed by atoms with van der Waals surface area (Å²) in [5.74, 6) is -0.806. The van der Waals surface area contributed by atoms with E-state index in [2.05, 4.69) is 0 Å². The summed E-state index contributed by atoms with van der Waals surface area (Å²) in [5, 5.41) is 8.72. The molecule has 1 aliphatic heterocycles. The van der Waals surface area contributed by atoms with Gasteiger partial charge >= 0.3 is 5.97 Å². The molecule has 1 atom stereocenters. The molecule has 0 saturated carbocycles. The van der Waals surface area contributed by atoms with Gasteiger partial charge in [-0.15, -0.1) is 0 Å². The third-order valence-electron chi connectivity index (χ3n) is 2.19. The third-order valence-corrected chi connectivity index (χ3v) is 2.19. The van der Waals surface area contributed by atoms with Gasteiger partial charge in [0.25, 0.3) is 0 Å². The lowest BCUT2D eigenvalue weighted by Gasteiger charge is -2.22. The fourth-order valence-electron chi connectivity index (χ4n) is 1.38. The monoisotopic (exact) mass is 170 g/mol. The zero-order chi connectivity index (χ0) is 9.14. The highest BCUT2D eigenvalue weighted by Gasteiger charge is 2.17.